The highest BCUT2D eigenvalue weighted by Gasteiger charge is 2.51. The zero-order valence-electron chi connectivity index (χ0n) is 18.7. The third-order valence-corrected chi connectivity index (χ3v) is 6.79. The Balaban J connectivity index is 1.92. The van der Waals surface area contributed by atoms with Crippen LogP contribution in [-0.4, -0.2) is 44.4 Å². The van der Waals surface area contributed by atoms with Crippen molar-refractivity contribution in [2.45, 2.75) is 50.0 Å². The lowest BCUT2D eigenvalue weighted by atomic mass is 10.1. The quantitative estimate of drug-likeness (QED) is 0.589. The summed E-state index contributed by atoms with van der Waals surface area (Å²) in [4.78, 5) is 15.7. The molecule has 0 spiro atoms. The molecule has 0 saturated carbocycles. The summed E-state index contributed by atoms with van der Waals surface area (Å²) in [6, 6.07) is 6.27. The average Bonchev–Trinajstić information content (AvgIpc) is 2.71. The maximum atomic E-state index is 14.3. The number of sulfonamides is 1. The smallest absolute Gasteiger partial charge is 0.427 e. The van der Waals surface area contributed by atoms with E-state index in [4.69, 9.17) is 4.74 Å². The Morgan fingerprint density at radius 2 is 1.79 bits per heavy atom. The Hall–Kier alpha value is -3.09. The van der Waals surface area contributed by atoms with E-state index in [1.54, 1.807) is 0 Å². The summed E-state index contributed by atoms with van der Waals surface area (Å²) in [6.07, 6.45) is -4.99. The van der Waals surface area contributed by atoms with E-state index in [0.29, 0.717) is 13.8 Å². The van der Waals surface area contributed by atoms with Crippen LogP contribution < -0.4 is 14.4 Å². The lowest BCUT2D eigenvalue weighted by molar-refractivity contribution is -0.242. The number of amides is 1. The second-order valence-corrected chi connectivity index (χ2v) is 10.3. The molecular weight excluding hydrogens is 482 g/mol. The van der Waals surface area contributed by atoms with Crippen molar-refractivity contribution in [3.63, 3.8) is 0 Å². The highest BCUT2D eigenvalue weighted by molar-refractivity contribution is 7.92. The summed E-state index contributed by atoms with van der Waals surface area (Å²) in [5, 5.41) is 2.16. The van der Waals surface area contributed by atoms with Crippen LogP contribution in [0.1, 0.15) is 33.4 Å². The van der Waals surface area contributed by atoms with Gasteiger partial charge >= 0.3 is 12.3 Å². The molecule has 1 aromatic carbocycles. The van der Waals surface area contributed by atoms with Crippen LogP contribution >= 0.6 is 0 Å². The van der Waals surface area contributed by atoms with Gasteiger partial charge in [-0.15, -0.1) is 0 Å². The van der Waals surface area contributed by atoms with E-state index in [0.717, 1.165) is 10.4 Å². The molecule has 0 fully saturated rings. The molecule has 13 heteroatoms. The molecule has 1 aromatic heterocycles. The monoisotopic (exact) mass is 505 g/mol. The van der Waals surface area contributed by atoms with E-state index >= 15 is 0 Å². The van der Waals surface area contributed by atoms with Gasteiger partial charge in [-0.25, -0.2) is 17.6 Å². The molecule has 0 radical (unpaired) electrons. The van der Waals surface area contributed by atoms with Gasteiger partial charge in [-0.2, -0.15) is 13.2 Å². The van der Waals surface area contributed by atoms with Crippen molar-refractivity contribution in [1.29, 1.82) is 0 Å². The maximum absolute atomic E-state index is 14.3. The Morgan fingerprint density at radius 3 is 2.41 bits per heavy atom. The zero-order chi connectivity index (χ0) is 25.5. The molecule has 0 atom stereocenters. The SMILES string of the molecule is CC(C)(F)c1cc(S(=O)(=O)N2CCOc3ccc(NC(=O)OC(C)(C)C(F)(F)F)cc32)ccn1. The van der Waals surface area contributed by atoms with E-state index in [-0.39, 0.29) is 40.9 Å². The van der Waals surface area contributed by atoms with Gasteiger partial charge in [0, 0.05) is 11.9 Å². The van der Waals surface area contributed by atoms with Crippen LogP contribution in [0.3, 0.4) is 0 Å². The van der Waals surface area contributed by atoms with Crippen LogP contribution in [-0.2, 0) is 20.4 Å². The summed E-state index contributed by atoms with van der Waals surface area (Å²) in [5.74, 6) is 0.171. The fourth-order valence-corrected chi connectivity index (χ4v) is 4.44. The second-order valence-electron chi connectivity index (χ2n) is 8.48. The number of halogens is 4. The number of nitrogens with one attached hydrogen (secondary N) is 1. The molecule has 0 bridgehead atoms. The molecule has 0 unspecified atom stereocenters. The number of ether oxygens (including phenoxy) is 2. The van der Waals surface area contributed by atoms with E-state index in [1.807, 2.05) is 0 Å². The van der Waals surface area contributed by atoms with Gasteiger partial charge in [0.15, 0.2) is 0 Å². The van der Waals surface area contributed by atoms with Gasteiger partial charge in [0.25, 0.3) is 10.0 Å². The minimum absolute atomic E-state index is 0.0206. The van der Waals surface area contributed by atoms with Gasteiger partial charge in [-0.1, -0.05) is 0 Å². The van der Waals surface area contributed by atoms with Crippen molar-refractivity contribution in [2.75, 3.05) is 22.8 Å². The number of aromatic nitrogens is 1. The summed E-state index contributed by atoms with van der Waals surface area (Å²) >= 11 is 0. The number of rotatable bonds is 5. The molecule has 2 heterocycles. The van der Waals surface area contributed by atoms with Crippen molar-refractivity contribution < 1.29 is 40.2 Å². The number of benzene rings is 1. The number of carbonyl (C=O) groups excluding carboxylic acids is 1. The summed E-state index contributed by atoms with van der Waals surface area (Å²) in [6.45, 7) is 3.81. The first-order chi connectivity index (χ1) is 15.5. The molecule has 0 saturated heterocycles. The topological polar surface area (TPSA) is 97.8 Å². The minimum Gasteiger partial charge on any atom is -0.489 e. The molecule has 1 aliphatic heterocycles. The Morgan fingerprint density at radius 1 is 1.12 bits per heavy atom. The number of hydrogen-bond acceptors (Lipinski definition) is 6. The number of fused-ring (bicyclic) bond motifs is 1. The first kappa shape index (κ1) is 25.5. The lowest BCUT2D eigenvalue weighted by Gasteiger charge is -2.31. The molecular formula is C21H23F4N3O5S. The molecule has 34 heavy (non-hydrogen) atoms. The van der Waals surface area contributed by atoms with Gasteiger partial charge in [-0.05, 0) is 58.0 Å². The van der Waals surface area contributed by atoms with Gasteiger partial charge in [0.2, 0.25) is 5.60 Å². The summed E-state index contributed by atoms with van der Waals surface area (Å²) in [5.41, 5.74) is -4.68. The average molecular weight is 505 g/mol. The van der Waals surface area contributed by atoms with Crippen LogP contribution in [0.5, 0.6) is 5.75 Å². The van der Waals surface area contributed by atoms with Crippen molar-refractivity contribution in [3.8, 4) is 5.75 Å². The Bertz CT molecular complexity index is 1190. The number of nitrogens with zero attached hydrogens (tertiary/aromatic N) is 2. The fourth-order valence-electron chi connectivity index (χ4n) is 2.98. The molecule has 3 rings (SSSR count). The highest BCUT2D eigenvalue weighted by atomic mass is 32.2. The molecule has 1 amide bonds. The highest BCUT2D eigenvalue weighted by Crippen LogP contribution is 2.38. The van der Waals surface area contributed by atoms with Crippen LogP contribution in [0.25, 0.3) is 0 Å². The van der Waals surface area contributed by atoms with Crippen molar-refractivity contribution >= 4 is 27.5 Å². The third-order valence-electron chi connectivity index (χ3n) is 4.98. The number of anilines is 2. The third kappa shape index (κ3) is 5.18. The molecule has 8 nitrogen and oxygen atoms in total. The largest absolute Gasteiger partial charge is 0.489 e. The minimum atomic E-state index is -4.80. The molecule has 2 aromatic rings. The van der Waals surface area contributed by atoms with Crippen molar-refractivity contribution in [3.05, 3.63) is 42.2 Å². The van der Waals surface area contributed by atoms with Gasteiger partial charge in [0.05, 0.1) is 22.8 Å². The maximum Gasteiger partial charge on any atom is 0.427 e. The predicted molar refractivity (Wildman–Crippen MR) is 115 cm³/mol. The van der Waals surface area contributed by atoms with Crippen molar-refractivity contribution in [2.24, 2.45) is 0 Å². The second kappa shape index (κ2) is 8.60. The molecule has 1 aliphatic rings. The van der Waals surface area contributed by atoms with Gasteiger partial charge < -0.3 is 9.47 Å². The molecule has 1 N–H and O–H groups in total. The zero-order valence-corrected chi connectivity index (χ0v) is 19.6. The molecule has 186 valence electrons. The van der Waals surface area contributed by atoms with E-state index < -0.39 is 33.6 Å². The first-order valence-corrected chi connectivity index (χ1v) is 11.5. The number of pyridine rings is 1. The summed E-state index contributed by atoms with van der Waals surface area (Å²) in [7, 11) is -4.20. The standard InChI is InChI=1S/C21H23F4N3O5S/c1-19(2,22)17-12-14(7-8-26-17)34(30,31)28-9-10-32-16-6-5-13(11-15(16)28)27-18(29)33-20(3,4)21(23,24)25/h5-8,11-12H,9-10H2,1-4H3,(H,27,29). The van der Waals surface area contributed by atoms with E-state index in [2.05, 4.69) is 15.0 Å². The number of hydrogen-bond donors (Lipinski definition) is 1. The summed E-state index contributed by atoms with van der Waals surface area (Å²) < 4.78 is 90.9. The van der Waals surface area contributed by atoms with Gasteiger partial charge in [0.1, 0.15) is 18.0 Å². The fraction of sp³-hybridized carbons (Fsp3) is 0.429. The number of alkyl halides is 4. The van der Waals surface area contributed by atoms with Crippen LogP contribution in [0.4, 0.5) is 33.7 Å². The first-order valence-electron chi connectivity index (χ1n) is 10.0. The Kier molecular flexibility index (Phi) is 6.46. The lowest BCUT2D eigenvalue weighted by Crippen LogP contribution is -2.44. The predicted octanol–water partition coefficient (Wildman–Crippen LogP) is 4.76. The van der Waals surface area contributed by atoms with E-state index in [1.165, 1.54) is 44.3 Å². The normalized spacial score (nSPS) is 14.8. The van der Waals surface area contributed by atoms with E-state index in [9.17, 15) is 30.8 Å². The van der Waals surface area contributed by atoms with Crippen molar-refractivity contribution in [1.82, 2.24) is 4.98 Å². The van der Waals surface area contributed by atoms with Crippen LogP contribution in [0.2, 0.25) is 0 Å². The van der Waals surface area contributed by atoms with Crippen LogP contribution in [0.15, 0.2) is 41.4 Å². The van der Waals surface area contributed by atoms with Crippen LogP contribution in [0, 0.1) is 0 Å². The van der Waals surface area contributed by atoms with Gasteiger partial charge in [-0.3, -0.25) is 14.6 Å². The Labute approximate surface area is 193 Å². The number of carbonyl (C=O) groups is 1. The molecule has 0 aliphatic carbocycles.